The molecule has 0 radical (unpaired) electrons. The SMILES string of the molecule is Cc1nc(C(=O)N2Cc3cc4c(cc3C[C@H]2C(=O)NC(Cc2ccc(-c3ccnc(C)c3C)cc2)C(=O)O)OC[C@H](c2ccc(OC3CCOCC3)cc2)O4)c(C)o1. The van der Waals surface area contributed by atoms with Crippen LogP contribution in [0.15, 0.2) is 77.3 Å². The van der Waals surface area contributed by atoms with Crippen molar-refractivity contribution >= 4 is 17.8 Å². The van der Waals surface area contributed by atoms with Gasteiger partial charge < -0.3 is 38.7 Å². The van der Waals surface area contributed by atoms with Gasteiger partial charge in [0.05, 0.1) is 13.2 Å². The van der Waals surface area contributed by atoms with Crippen molar-refractivity contribution in [3.05, 3.63) is 124 Å². The highest BCUT2D eigenvalue weighted by Crippen LogP contribution is 2.41. The van der Waals surface area contributed by atoms with Crippen LogP contribution in [0.25, 0.3) is 11.1 Å². The number of aryl methyl sites for hydroxylation is 3. The Bertz CT molecular complexity index is 2330. The fourth-order valence-electron chi connectivity index (χ4n) is 7.85. The number of ether oxygens (including phenoxy) is 4. The lowest BCUT2D eigenvalue weighted by Crippen LogP contribution is -2.56. The molecule has 2 aromatic heterocycles. The lowest BCUT2D eigenvalue weighted by molar-refractivity contribution is -0.142. The summed E-state index contributed by atoms with van der Waals surface area (Å²) in [7, 11) is 0. The van der Waals surface area contributed by atoms with E-state index in [1.54, 1.807) is 20.0 Å². The largest absolute Gasteiger partial charge is 0.490 e. The quantitative estimate of drug-likeness (QED) is 0.161. The number of nitrogens with zero attached hydrogens (tertiary/aromatic N) is 3. The number of carbonyl (C=O) groups is 3. The van der Waals surface area contributed by atoms with E-state index in [-0.39, 0.29) is 43.9 Å². The van der Waals surface area contributed by atoms with Crippen LogP contribution < -0.4 is 19.5 Å². The number of rotatable bonds is 10. The average Bonchev–Trinajstić information content (AvgIpc) is 3.57. The summed E-state index contributed by atoms with van der Waals surface area (Å²) in [6, 6.07) is 18.8. The molecule has 2 N–H and O–H groups in total. The van der Waals surface area contributed by atoms with E-state index in [2.05, 4.69) is 15.3 Å². The number of aliphatic carboxylic acids is 1. The van der Waals surface area contributed by atoms with Gasteiger partial charge >= 0.3 is 5.97 Å². The molecule has 8 rings (SSSR count). The van der Waals surface area contributed by atoms with Crippen molar-refractivity contribution in [3.63, 3.8) is 0 Å². The van der Waals surface area contributed by atoms with Crippen LogP contribution in [0.4, 0.5) is 0 Å². The van der Waals surface area contributed by atoms with Crippen molar-refractivity contribution in [2.45, 2.75) is 84.2 Å². The van der Waals surface area contributed by atoms with Crippen LogP contribution in [0.5, 0.6) is 17.2 Å². The molecule has 3 aliphatic heterocycles. The molecule has 5 heterocycles. The summed E-state index contributed by atoms with van der Waals surface area (Å²) in [5.41, 5.74) is 7.34. The summed E-state index contributed by atoms with van der Waals surface area (Å²) in [5, 5.41) is 13.0. The first kappa shape index (κ1) is 38.7. The third-order valence-corrected chi connectivity index (χ3v) is 11.2. The highest BCUT2D eigenvalue weighted by molar-refractivity contribution is 5.98. The predicted octanol–water partition coefficient (Wildman–Crippen LogP) is 6.42. The molecular weight excluding hydrogens is 741 g/mol. The summed E-state index contributed by atoms with van der Waals surface area (Å²) >= 11 is 0. The number of oxazole rings is 1. The third kappa shape index (κ3) is 8.12. The van der Waals surface area contributed by atoms with Crippen molar-refractivity contribution in [2.75, 3.05) is 19.8 Å². The Balaban J connectivity index is 1.01. The lowest BCUT2D eigenvalue weighted by Gasteiger charge is -2.37. The van der Waals surface area contributed by atoms with Crippen LogP contribution in [0, 0.1) is 27.7 Å². The normalized spacial score (nSPS) is 18.2. The summed E-state index contributed by atoms with van der Waals surface area (Å²) < 4.78 is 29.9. The van der Waals surface area contributed by atoms with E-state index in [9.17, 15) is 19.5 Å². The summed E-state index contributed by atoms with van der Waals surface area (Å²) in [5.74, 6) is 0.199. The Morgan fingerprint density at radius 1 is 0.948 bits per heavy atom. The zero-order chi connectivity index (χ0) is 40.5. The molecule has 3 aromatic carbocycles. The summed E-state index contributed by atoms with van der Waals surface area (Å²) in [4.78, 5) is 51.1. The predicted molar refractivity (Wildman–Crippen MR) is 212 cm³/mol. The van der Waals surface area contributed by atoms with Crippen molar-refractivity contribution in [1.29, 1.82) is 0 Å². The maximum absolute atomic E-state index is 14.2. The number of pyridine rings is 1. The van der Waals surface area contributed by atoms with Crippen molar-refractivity contribution < 1.29 is 42.9 Å². The van der Waals surface area contributed by atoms with E-state index in [0.717, 1.165) is 63.2 Å². The van der Waals surface area contributed by atoms with Gasteiger partial charge in [0.15, 0.2) is 29.2 Å². The highest BCUT2D eigenvalue weighted by atomic mass is 16.6. The Morgan fingerprint density at radius 2 is 1.69 bits per heavy atom. The molecule has 0 bridgehead atoms. The van der Waals surface area contributed by atoms with Gasteiger partial charge in [-0.05, 0) is 90.0 Å². The maximum Gasteiger partial charge on any atom is 0.326 e. The molecule has 58 heavy (non-hydrogen) atoms. The fraction of sp³-hybridized carbons (Fsp3) is 0.356. The number of hydrogen-bond acceptors (Lipinski definition) is 10. The van der Waals surface area contributed by atoms with Gasteiger partial charge in [0.25, 0.3) is 5.91 Å². The first-order valence-corrected chi connectivity index (χ1v) is 19.6. The average molecular weight is 787 g/mol. The molecule has 1 fully saturated rings. The first-order chi connectivity index (χ1) is 28.0. The van der Waals surface area contributed by atoms with E-state index < -0.39 is 29.9 Å². The van der Waals surface area contributed by atoms with Crippen LogP contribution in [0.1, 0.15) is 74.6 Å². The molecular formula is C45H46N4O9. The van der Waals surface area contributed by atoms with E-state index in [1.165, 1.54) is 4.90 Å². The summed E-state index contributed by atoms with van der Waals surface area (Å²) in [6.45, 7) is 8.99. The Labute approximate surface area is 336 Å². The number of fused-ring (bicyclic) bond motifs is 2. The molecule has 2 amide bonds. The molecule has 300 valence electrons. The number of carboxylic acids is 1. The second-order valence-electron chi connectivity index (χ2n) is 15.1. The Kier molecular flexibility index (Phi) is 10.9. The smallest absolute Gasteiger partial charge is 0.326 e. The Hall–Kier alpha value is -6.21. The Morgan fingerprint density at radius 3 is 2.40 bits per heavy atom. The van der Waals surface area contributed by atoms with Gasteiger partial charge in [-0.2, -0.15) is 0 Å². The zero-order valence-corrected chi connectivity index (χ0v) is 32.9. The number of aromatic nitrogens is 2. The first-order valence-electron chi connectivity index (χ1n) is 19.6. The van der Waals surface area contributed by atoms with Gasteiger partial charge in [0.1, 0.15) is 36.3 Å². The van der Waals surface area contributed by atoms with Crippen LogP contribution in [0.3, 0.4) is 0 Å². The minimum Gasteiger partial charge on any atom is -0.490 e. The number of carbonyl (C=O) groups excluding carboxylic acids is 2. The minimum atomic E-state index is -1.25. The minimum absolute atomic E-state index is 0.0418. The molecule has 1 saturated heterocycles. The maximum atomic E-state index is 14.2. The molecule has 1 unspecified atom stereocenters. The summed E-state index contributed by atoms with van der Waals surface area (Å²) in [6.07, 6.45) is 3.40. The van der Waals surface area contributed by atoms with E-state index >= 15 is 0 Å². The molecule has 3 atom stereocenters. The molecule has 0 saturated carbocycles. The number of carboxylic acid groups (broad SMARTS) is 1. The van der Waals surface area contributed by atoms with Crippen LogP contribution >= 0.6 is 0 Å². The number of nitrogens with one attached hydrogen (secondary N) is 1. The third-order valence-electron chi connectivity index (χ3n) is 11.2. The molecule has 5 aromatic rings. The number of hydrogen-bond donors (Lipinski definition) is 2. The van der Waals surface area contributed by atoms with Gasteiger partial charge in [-0.1, -0.05) is 36.4 Å². The standard InChI is InChI=1S/C45H46N4O9/c1-25-26(2)46-16-13-36(25)30-7-5-29(6-8-30)19-37(45(52)53)48-43(50)38-20-32-21-39-40(22-33(32)23-49(38)44(51)42-27(3)56-28(4)47-42)58-41(24-55-39)31-9-11-34(12-10-31)57-35-14-17-54-18-15-35/h5-13,16,21-22,35,37-38,41H,14-15,17-20,23-24H2,1-4H3,(H,48,50)(H,52,53)/t37?,38-,41+/m0/s1. The second-order valence-corrected chi connectivity index (χ2v) is 15.1. The topological polar surface area (TPSA) is 163 Å². The van der Waals surface area contributed by atoms with E-state index in [4.69, 9.17) is 23.4 Å². The van der Waals surface area contributed by atoms with Crippen molar-refractivity contribution in [2.24, 2.45) is 0 Å². The van der Waals surface area contributed by atoms with Gasteiger partial charge in [0, 0.05) is 51.0 Å². The fourth-order valence-corrected chi connectivity index (χ4v) is 7.85. The zero-order valence-electron chi connectivity index (χ0n) is 32.9. The lowest BCUT2D eigenvalue weighted by atomic mass is 9.91. The van der Waals surface area contributed by atoms with E-state index in [0.29, 0.717) is 36.4 Å². The number of benzene rings is 3. The molecule has 3 aliphatic rings. The van der Waals surface area contributed by atoms with Crippen LogP contribution in [-0.2, 0) is 33.7 Å². The van der Waals surface area contributed by atoms with Crippen LogP contribution in [-0.4, -0.2) is 75.8 Å². The molecule has 0 aliphatic carbocycles. The second kappa shape index (κ2) is 16.3. The molecule has 13 nitrogen and oxygen atoms in total. The van der Waals surface area contributed by atoms with Gasteiger partial charge in [-0.3, -0.25) is 14.6 Å². The van der Waals surface area contributed by atoms with Crippen LogP contribution in [0.2, 0.25) is 0 Å². The van der Waals surface area contributed by atoms with Gasteiger partial charge in [-0.25, -0.2) is 9.78 Å². The van der Waals surface area contributed by atoms with Gasteiger partial charge in [-0.15, -0.1) is 0 Å². The van der Waals surface area contributed by atoms with E-state index in [1.807, 2.05) is 80.6 Å². The monoisotopic (exact) mass is 786 g/mol. The molecule has 13 heteroatoms. The highest BCUT2D eigenvalue weighted by Gasteiger charge is 2.39. The molecule has 0 spiro atoms. The van der Waals surface area contributed by atoms with Crippen molar-refractivity contribution in [3.8, 4) is 28.4 Å². The number of amides is 2. The van der Waals surface area contributed by atoms with Gasteiger partial charge in [0.2, 0.25) is 5.91 Å². The van der Waals surface area contributed by atoms with Crippen molar-refractivity contribution in [1.82, 2.24) is 20.2 Å².